The molecule has 1 heterocycles. The summed E-state index contributed by atoms with van der Waals surface area (Å²) in [4.78, 5) is 15.6. The van der Waals surface area contributed by atoms with E-state index >= 15 is 0 Å². The van der Waals surface area contributed by atoms with Gasteiger partial charge in [0.2, 0.25) is 0 Å². The maximum atomic E-state index is 11.6. The Bertz CT molecular complexity index is 388. The van der Waals surface area contributed by atoms with Crippen molar-refractivity contribution in [2.45, 2.75) is 37.7 Å². The normalized spacial score (nSPS) is 18.1. The van der Waals surface area contributed by atoms with Crippen LogP contribution in [0.15, 0.2) is 24.4 Å². The van der Waals surface area contributed by atoms with Crippen LogP contribution in [0.4, 0.5) is 10.6 Å². The highest BCUT2D eigenvalue weighted by Gasteiger charge is 2.29. The summed E-state index contributed by atoms with van der Waals surface area (Å²) in [6.07, 6.45) is 6.36. The standard InChI is InChI=1S/C13H19N3O2/c17-12(16-11-6-2-5-9-14-11)15-10-13(18)7-3-1-4-8-13/h2,5-6,9,18H,1,3-4,7-8,10H2,(H2,14,15,16,17). The highest BCUT2D eigenvalue weighted by molar-refractivity contribution is 5.88. The molecule has 0 atom stereocenters. The summed E-state index contributed by atoms with van der Waals surface area (Å²) >= 11 is 0. The Balaban J connectivity index is 1.78. The van der Waals surface area contributed by atoms with Crippen molar-refractivity contribution in [3.8, 4) is 0 Å². The summed E-state index contributed by atoms with van der Waals surface area (Å²) in [6.45, 7) is 0.297. The first-order chi connectivity index (χ1) is 8.68. The van der Waals surface area contributed by atoms with Gasteiger partial charge in [-0.15, -0.1) is 0 Å². The number of carbonyl (C=O) groups is 1. The van der Waals surface area contributed by atoms with E-state index in [1.54, 1.807) is 24.4 Å². The minimum atomic E-state index is -0.736. The molecule has 5 nitrogen and oxygen atoms in total. The third kappa shape index (κ3) is 3.70. The summed E-state index contributed by atoms with van der Waals surface area (Å²) in [5.74, 6) is 0.505. The molecule has 3 N–H and O–H groups in total. The minimum Gasteiger partial charge on any atom is -0.388 e. The van der Waals surface area contributed by atoms with Crippen molar-refractivity contribution in [3.63, 3.8) is 0 Å². The number of urea groups is 1. The van der Waals surface area contributed by atoms with Crippen LogP contribution in [-0.4, -0.2) is 28.3 Å². The van der Waals surface area contributed by atoms with Crippen molar-refractivity contribution in [1.82, 2.24) is 10.3 Å². The minimum absolute atomic E-state index is 0.297. The molecule has 1 aromatic rings. The van der Waals surface area contributed by atoms with E-state index in [1.807, 2.05) is 0 Å². The van der Waals surface area contributed by atoms with Crippen LogP contribution in [0.25, 0.3) is 0 Å². The fourth-order valence-electron chi connectivity index (χ4n) is 2.23. The molecule has 1 aromatic heterocycles. The summed E-state index contributed by atoms with van der Waals surface area (Å²) in [5, 5.41) is 15.6. The summed E-state index contributed by atoms with van der Waals surface area (Å²) in [5.41, 5.74) is -0.736. The van der Waals surface area contributed by atoms with Crippen molar-refractivity contribution in [3.05, 3.63) is 24.4 Å². The molecule has 0 aliphatic heterocycles. The molecule has 0 radical (unpaired) electrons. The second kappa shape index (κ2) is 5.82. The van der Waals surface area contributed by atoms with Crippen LogP contribution in [0.1, 0.15) is 32.1 Å². The number of anilines is 1. The lowest BCUT2D eigenvalue weighted by atomic mass is 9.85. The second-order valence-electron chi connectivity index (χ2n) is 4.81. The quantitative estimate of drug-likeness (QED) is 0.766. The molecule has 0 aromatic carbocycles. The van der Waals surface area contributed by atoms with E-state index in [-0.39, 0.29) is 6.03 Å². The van der Waals surface area contributed by atoms with Crippen molar-refractivity contribution in [2.24, 2.45) is 0 Å². The number of aliphatic hydroxyl groups is 1. The average Bonchev–Trinajstić information content (AvgIpc) is 2.39. The number of aromatic nitrogens is 1. The highest BCUT2D eigenvalue weighted by atomic mass is 16.3. The lowest BCUT2D eigenvalue weighted by molar-refractivity contribution is 0.00755. The first-order valence-electron chi connectivity index (χ1n) is 6.36. The van der Waals surface area contributed by atoms with Gasteiger partial charge < -0.3 is 10.4 Å². The Morgan fingerprint density at radius 2 is 2.11 bits per heavy atom. The molecular weight excluding hydrogens is 230 g/mol. The van der Waals surface area contributed by atoms with Gasteiger partial charge in [-0.3, -0.25) is 5.32 Å². The van der Waals surface area contributed by atoms with Crippen molar-refractivity contribution >= 4 is 11.8 Å². The molecule has 2 rings (SSSR count). The third-order valence-electron chi connectivity index (χ3n) is 3.27. The lowest BCUT2D eigenvalue weighted by Gasteiger charge is -2.32. The van der Waals surface area contributed by atoms with E-state index in [1.165, 1.54) is 6.42 Å². The number of pyridine rings is 1. The predicted octanol–water partition coefficient (Wildman–Crippen LogP) is 1.90. The first kappa shape index (κ1) is 12.8. The molecule has 0 spiro atoms. The van der Waals surface area contributed by atoms with Gasteiger partial charge in [-0.25, -0.2) is 9.78 Å². The van der Waals surface area contributed by atoms with E-state index in [9.17, 15) is 9.90 Å². The molecule has 5 heteroatoms. The van der Waals surface area contributed by atoms with Gasteiger partial charge in [0, 0.05) is 12.7 Å². The van der Waals surface area contributed by atoms with Crippen LogP contribution in [0.5, 0.6) is 0 Å². The Kier molecular flexibility index (Phi) is 4.15. The van der Waals surface area contributed by atoms with Gasteiger partial charge in [-0.05, 0) is 25.0 Å². The van der Waals surface area contributed by atoms with Crippen LogP contribution >= 0.6 is 0 Å². The zero-order valence-corrected chi connectivity index (χ0v) is 10.4. The molecule has 1 fully saturated rings. The molecular formula is C13H19N3O2. The second-order valence-corrected chi connectivity index (χ2v) is 4.81. The molecule has 1 aliphatic carbocycles. The topological polar surface area (TPSA) is 74.2 Å². The van der Waals surface area contributed by atoms with Gasteiger partial charge >= 0.3 is 6.03 Å². The Morgan fingerprint density at radius 1 is 1.33 bits per heavy atom. The monoisotopic (exact) mass is 249 g/mol. The number of nitrogens with one attached hydrogen (secondary N) is 2. The Hall–Kier alpha value is -1.62. The van der Waals surface area contributed by atoms with E-state index < -0.39 is 5.60 Å². The Labute approximate surface area is 107 Å². The first-order valence-corrected chi connectivity index (χ1v) is 6.36. The SMILES string of the molecule is O=C(NCC1(O)CCCCC1)Nc1ccccn1. The maximum absolute atomic E-state index is 11.6. The highest BCUT2D eigenvalue weighted by Crippen LogP contribution is 2.27. The van der Waals surface area contributed by atoms with Crippen LogP contribution in [0.2, 0.25) is 0 Å². The lowest BCUT2D eigenvalue weighted by Crippen LogP contribution is -2.45. The van der Waals surface area contributed by atoms with E-state index in [2.05, 4.69) is 15.6 Å². The van der Waals surface area contributed by atoms with Crippen molar-refractivity contribution in [1.29, 1.82) is 0 Å². The fraction of sp³-hybridized carbons (Fsp3) is 0.538. The molecule has 0 unspecified atom stereocenters. The number of hydrogen-bond donors (Lipinski definition) is 3. The third-order valence-corrected chi connectivity index (χ3v) is 3.27. The number of hydrogen-bond acceptors (Lipinski definition) is 3. The van der Waals surface area contributed by atoms with Gasteiger partial charge in [-0.2, -0.15) is 0 Å². The smallest absolute Gasteiger partial charge is 0.320 e. The van der Waals surface area contributed by atoms with Crippen molar-refractivity contribution < 1.29 is 9.90 Å². The molecule has 0 bridgehead atoms. The van der Waals surface area contributed by atoms with Crippen molar-refractivity contribution in [2.75, 3.05) is 11.9 Å². The number of carbonyl (C=O) groups excluding carboxylic acids is 1. The number of nitrogens with zero attached hydrogens (tertiary/aromatic N) is 1. The van der Waals surface area contributed by atoms with E-state index in [0.717, 1.165) is 25.7 Å². The molecule has 1 aliphatic rings. The van der Waals surface area contributed by atoms with E-state index in [0.29, 0.717) is 12.4 Å². The molecule has 98 valence electrons. The van der Waals surface area contributed by atoms with Gasteiger partial charge in [0.1, 0.15) is 5.82 Å². The maximum Gasteiger partial charge on any atom is 0.320 e. The largest absolute Gasteiger partial charge is 0.388 e. The zero-order valence-electron chi connectivity index (χ0n) is 10.4. The van der Waals surface area contributed by atoms with Gasteiger partial charge in [0.05, 0.1) is 5.60 Å². The van der Waals surface area contributed by atoms with Crippen LogP contribution < -0.4 is 10.6 Å². The van der Waals surface area contributed by atoms with Gasteiger partial charge in [0.15, 0.2) is 0 Å². The summed E-state index contributed by atoms with van der Waals surface area (Å²) < 4.78 is 0. The predicted molar refractivity (Wildman–Crippen MR) is 69.3 cm³/mol. The Morgan fingerprint density at radius 3 is 2.78 bits per heavy atom. The van der Waals surface area contributed by atoms with Crippen LogP contribution in [-0.2, 0) is 0 Å². The van der Waals surface area contributed by atoms with E-state index in [4.69, 9.17) is 0 Å². The molecule has 2 amide bonds. The summed E-state index contributed by atoms with van der Waals surface area (Å²) in [6, 6.07) is 4.98. The molecule has 0 saturated heterocycles. The molecule has 18 heavy (non-hydrogen) atoms. The fourth-order valence-corrected chi connectivity index (χ4v) is 2.23. The van der Waals surface area contributed by atoms with Crippen LogP contribution in [0, 0.1) is 0 Å². The molecule has 1 saturated carbocycles. The summed E-state index contributed by atoms with van der Waals surface area (Å²) in [7, 11) is 0. The average molecular weight is 249 g/mol. The number of amides is 2. The zero-order chi connectivity index (χ0) is 12.8. The van der Waals surface area contributed by atoms with Gasteiger partial charge in [0.25, 0.3) is 0 Å². The number of rotatable bonds is 3. The van der Waals surface area contributed by atoms with Gasteiger partial charge in [-0.1, -0.05) is 25.3 Å². The van der Waals surface area contributed by atoms with Crippen LogP contribution in [0.3, 0.4) is 0 Å².